The van der Waals surface area contributed by atoms with Gasteiger partial charge in [0.05, 0.1) is 64.5 Å². The fourth-order valence-corrected chi connectivity index (χ4v) is 16.9. The molecule has 0 bridgehead atoms. The number of aliphatic hydroxyl groups is 20. The number of hydrogen-bond acceptors (Lipinski definition) is 37. The minimum Gasteiger partial charge on any atom is -0.394 e. The summed E-state index contributed by atoms with van der Waals surface area (Å²) >= 11 is 0. The SMILES string of the molecule is CCCCCCCCCCCCC/C=C/[C@@H](O)[C@H](CO[C@@H]1OC(CO)[C@@H](O[C@@H]2OC(CO)[C@H](O[C@@H]3OC(CO)[C@H](O)[C@H](O[C@@H]4OC(CO)[C@H](O)[C@H](O[C@H]5OC(CO)[C@H](O)[C@H](O[C@@H]6OC(CO)[C@H](O)[C@H](O)C6NC(C)=O)C5O)C4O[C@H]4OC(C)[C@@H](O)C(O)[C@@H]4O)C3NC(C)=O)[C@H](O)C2O)[C@H](O)C1O)NC(=O)CCCCCCCCCCCCCCCCCCC. The summed E-state index contributed by atoms with van der Waals surface area (Å²) < 4.78 is 84.4. The second-order valence-corrected chi connectivity index (χ2v) is 34.2. The Labute approximate surface area is 726 Å². The number of carbonyl (C=O) groups is 3. The van der Waals surface area contributed by atoms with Crippen LogP contribution in [0.1, 0.15) is 227 Å². The fraction of sp³-hybridized carbons (Fsp3) is 0.940. The average Bonchev–Trinajstić information content (AvgIpc) is 0.762. The van der Waals surface area contributed by atoms with Crippen LogP contribution in [-0.2, 0) is 80.7 Å². The van der Waals surface area contributed by atoms with Gasteiger partial charge in [-0.2, -0.15) is 0 Å². The van der Waals surface area contributed by atoms with Crippen molar-refractivity contribution in [2.75, 3.05) is 46.2 Å². The predicted molar refractivity (Wildman–Crippen MR) is 434 cm³/mol. The maximum Gasteiger partial charge on any atom is 0.220 e. The molecule has 3 amide bonds. The van der Waals surface area contributed by atoms with Crippen LogP contribution in [0.3, 0.4) is 0 Å². The molecule has 0 aromatic heterocycles. The van der Waals surface area contributed by atoms with Gasteiger partial charge in [-0.05, 0) is 26.2 Å². The molecule has 14 unspecified atom stereocenters. The van der Waals surface area contributed by atoms with E-state index in [2.05, 4.69) is 29.8 Å². The smallest absolute Gasteiger partial charge is 0.220 e. The Hall–Kier alpha value is -3.21. The molecule has 0 aromatic carbocycles. The van der Waals surface area contributed by atoms with Crippen LogP contribution in [0.25, 0.3) is 0 Å². The van der Waals surface area contributed by atoms with E-state index in [0.717, 1.165) is 65.2 Å². The zero-order chi connectivity index (χ0) is 90.7. The molecule has 7 aliphatic heterocycles. The molecule has 40 nitrogen and oxygen atoms in total. The van der Waals surface area contributed by atoms with E-state index in [9.17, 15) is 117 Å². The summed E-state index contributed by atoms with van der Waals surface area (Å²) in [5.41, 5.74) is 0. The average molecular weight is 1800 g/mol. The summed E-state index contributed by atoms with van der Waals surface area (Å²) in [6.07, 6.45) is -30.2. The first kappa shape index (κ1) is 108. The van der Waals surface area contributed by atoms with E-state index in [1.165, 1.54) is 129 Å². The third-order valence-electron chi connectivity index (χ3n) is 24.3. The number of allylic oxidation sites excluding steroid dienone is 1. The summed E-state index contributed by atoms with van der Waals surface area (Å²) in [7, 11) is 0. The van der Waals surface area contributed by atoms with Crippen LogP contribution >= 0.6 is 0 Å². The molecule has 37 atom stereocenters. The molecule has 7 fully saturated rings. The zero-order valence-electron chi connectivity index (χ0n) is 72.6. The molecule has 7 rings (SSSR count). The highest BCUT2D eigenvalue weighted by Gasteiger charge is 2.60. The van der Waals surface area contributed by atoms with Gasteiger partial charge in [-0.3, -0.25) is 14.4 Å². The summed E-state index contributed by atoms with van der Waals surface area (Å²) in [4.78, 5) is 39.4. The molecule has 0 aromatic rings. The molecule has 7 aliphatic rings. The van der Waals surface area contributed by atoms with E-state index >= 15 is 0 Å². The topological polar surface area (TPSA) is 621 Å². The molecule has 23 N–H and O–H groups in total. The number of amides is 3. The maximum atomic E-state index is 13.6. The molecular weight excluding hydrogens is 1640 g/mol. The standard InChI is InChI=1S/C84H151N3O37/c1-6-8-10-12-14-16-18-20-21-22-23-25-27-29-31-33-35-37-56(97)87-48(49(96)36-34-32-30-28-26-24-19-17-15-13-11-9-7-2)44-111-80-69(108)66(105)73(54(42-92)117-80)120-82-70(109)67(106)72(55(43-93)118-82)119-79-58(86-47(5)95)74(61(100)51(39-89)114-79)121-84-77(124-81-68(107)65(104)59(98)45(3)112-81)76(63(102)53(41-91)116-84)123-83-71(110)75(62(101)52(40-90)115-83)122-78-57(85-46(4)94)64(103)60(99)50(38-88)113-78/h34,36,45,48-55,57-84,88-93,96,98-110H,6-33,35,37-44H2,1-5H3,(H,85,94)(H,86,95)(H,87,97)/b36-34+/t45?,48-,49+,50?,51?,52?,53?,54?,55?,57?,58?,59+,60-,61-,62-,63-,64+,65?,66+,67+,68-,69?,70?,71?,72-,73+,74+,75-,76-,77?,78-,79-,80+,81+,82-,83+,84-/m0/s1. The van der Waals surface area contributed by atoms with Crippen LogP contribution < -0.4 is 16.0 Å². The minimum absolute atomic E-state index is 0.163. The first-order valence-electron chi connectivity index (χ1n) is 45.3. The lowest BCUT2D eigenvalue weighted by molar-refractivity contribution is -0.407. The van der Waals surface area contributed by atoms with Gasteiger partial charge in [-0.1, -0.05) is 193 Å². The van der Waals surface area contributed by atoms with Crippen molar-refractivity contribution in [2.24, 2.45) is 0 Å². The highest BCUT2D eigenvalue weighted by atomic mass is 16.8. The van der Waals surface area contributed by atoms with E-state index in [-0.39, 0.29) is 12.3 Å². The molecule has 124 heavy (non-hydrogen) atoms. The molecule has 40 heteroatoms. The highest BCUT2D eigenvalue weighted by molar-refractivity contribution is 5.76. The van der Waals surface area contributed by atoms with Gasteiger partial charge in [-0.25, -0.2) is 0 Å². The van der Waals surface area contributed by atoms with Crippen molar-refractivity contribution < 1.29 is 183 Å². The molecule has 0 spiro atoms. The highest BCUT2D eigenvalue weighted by Crippen LogP contribution is 2.40. The van der Waals surface area contributed by atoms with Crippen molar-refractivity contribution in [1.29, 1.82) is 0 Å². The van der Waals surface area contributed by atoms with Crippen LogP contribution in [0.15, 0.2) is 12.2 Å². The number of carbonyl (C=O) groups excluding carboxylic acids is 3. The number of rotatable bonds is 56. The first-order chi connectivity index (χ1) is 59.5. The quantitative estimate of drug-likeness (QED) is 0.0216. The van der Waals surface area contributed by atoms with Crippen molar-refractivity contribution in [3.63, 3.8) is 0 Å². The fourth-order valence-electron chi connectivity index (χ4n) is 16.9. The van der Waals surface area contributed by atoms with Gasteiger partial charge in [0.1, 0.15) is 165 Å². The van der Waals surface area contributed by atoms with Crippen molar-refractivity contribution in [1.82, 2.24) is 16.0 Å². The van der Waals surface area contributed by atoms with Crippen LogP contribution in [0.5, 0.6) is 0 Å². The Morgan fingerprint density at radius 2 is 0.677 bits per heavy atom. The van der Waals surface area contributed by atoms with Crippen LogP contribution in [0, 0.1) is 0 Å². The molecule has 0 saturated carbocycles. The normalized spacial score (nSPS) is 38.5. The van der Waals surface area contributed by atoms with Gasteiger partial charge in [0.2, 0.25) is 17.7 Å². The maximum absolute atomic E-state index is 13.6. The van der Waals surface area contributed by atoms with Crippen LogP contribution in [0.2, 0.25) is 0 Å². The van der Waals surface area contributed by atoms with Gasteiger partial charge in [0.25, 0.3) is 0 Å². The Morgan fingerprint density at radius 1 is 0.331 bits per heavy atom. The molecule has 7 heterocycles. The summed E-state index contributed by atoms with van der Waals surface area (Å²) in [5, 5.41) is 234. The van der Waals surface area contributed by atoms with E-state index in [1.807, 2.05) is 6.08 Å². The van der Waals surface area contributed by atoms with Crippen molar-refractivity contribution >= 4 is 17.7 Å². The van der Waals surface area contributed by atoms with Crippen molar-refractivity contribution in [2.45, 2.75) is 454 Å². The minimum atomic E-state index is -2.32. The third kappa shape index (κ3) is 31.8. The van der Waals surface area contributed by atoms with Gasteiger partial charge < -0.3 is 184 Å². The van der Waals surface area contributed by atoms with Crippen LogP contribution in [0.4, 0.5) is 0 Å². The van der Waals surface area contributed by atoms with Crippen molar-refractivity contribution in [3.8, 4) is 0 Å². The zero-order valence-corrected chi connectivity index (χ0v) is 72.6. The lowest BCUT2D eigenvalue weighted by Gasteiger charge is -2.52. The summed E-state index contributed by atoms with van der Waals surface area (Å²) in [5.74, 6) is -2.08. The third-order valence-corrected chi connectivity index (χ3v) is 24.3. The molecule has 0 aliphatic carbocycles. The molecule has 0 radical (unpaired) electrons. The predicted octanol–water partition coefficient (Wildman–Crippen LogP) is -2.79. The number of hydrogen-bond donors (Lipinski definition) is 23. The number of ether oxygens (including phenoxy) is 14. The number of unbranched alkanes of at least 4 members (excludes halogenated alkanes) is 27. The van der Waals surface area contributed by atoms with E-state index < -0.39 is 285 Å². The molecule has 724 valence electrons. The Balaban J connectivity index is 1.04. The molecule has 7 saturated heterocycles. The van der Waals surface area contributed by atoms with Crippen LogP contribution in [-0.4, -0.2) is 393 Å². The second-order valence-electron chi connectivity index (χ2n) is 34.2. The van der Waals surface area contributed by atoms with Gasteiger partial charge in [0.15, 0.2) is 44.0 Å². The van der Waals surface area contributed by atoms with Gasteiger partial charge in [0, 0.05) is 20.3 Å². The number of aliphatic hydroxyl groups excluding tert-OH is 20. The van der Waals surface area contributed by atoms with Gasteiger partial charge >= 0.3 is 0 Å². The van der Waals surface area contributed by atoms with E-state index in [1.54, 1.807) is 6.08 Å². The monoisotopic (exact) mass is 1790 g/mol. The van der Waals surface area contributed by atoms with Crippen molar-refractivity contribution in [3.05, 3.63) is 12.2 Å². The first-order valence-corrected chi connectivity index (χ1v) is 45.3. The summed E-state index contributed by atoms with van der Waals surface area (Å²) in [6, 6.07) is -4.69. The van der Waals surface area contributed by atoms with E-state index in [4.69, 9.17) is 66.3 Å². The molecular formula is C84H151N3O37. The Morgan fingerprint density at radius 3 is 1.17 bits per heavy atom. The lowest BCUT2D eigenvalue weighted by Crippen LogP contribution is -2.71. The number of nitrogens with one attached hydrogen (secondary N) is 3. The lowest BCUT2D eigenvalue weighted by atomic mass is 9.93. The largest absolute Gasteiger partial charge is 0.394 e. The Bertz CT molecular complexity index is 2950. The second kappa shape index (κ2) is 56.6. The Kier molecular flexibility index (Phi) is 49.2. The summed E-state index contributed by atoms with van der Waals surface area (Å²) in [6.45, 7) is 0.905. The van der Waals surface area contributed by atoms with E-state index in [0.29, 0.717) is 12.8 Å². The van der Waals surface area contributed by atoms with Gasteiger partial charge in [-0.15, -0.1) is 0 Å².